The summed E-state index contributed by atoms with van der Waals surface area (Å²) in [7, 11) is -4.06. The van der Waals surface area contributed by atoms with E-state index in [0.717, 1.165) is 12.1 Å². The number of ether oxygens (including phenoxy) is 1. The normalized spacial score (nSPS) is 10.5. The van der Waals surface area contributed by atoms with Crippen LogP contribution < -0.4 is 4.74 Å². The van der Waals surface area contributed by atoms with Crippen LogP contribution in [-0.2, 0) is 10.1 Å². The molecule has 0 unspecified atom stereocenters. The van der Waals surface area contributed by atoms with Crippen molar-refractivity contribution in [1.82, 2.24) is 9.97 Å². The number of hydrogen-bond acceptors (Lipinski definition) is 9. The largest absolute Gasteiger partial charge is 0.493 e. The lowest BCUT2D eigenvalue weighted by atomic mass is 10.3. The number of aromatic nitrogens is 2. The van der Waals surface area contributed by atoms with Crippen molar-refractivity contribution >= 4 is 67.3 Å². The van der Waals surface area contributed by atoms with Gasteiger partial charge < -0.3 is 14.9 Å². The van der Waals surface area contributed by atoms with E-state index in [1.807, 2.05) is 0 Å². The van der Waals surface area contributed by atoms with Gasteiger partial charge >= 0.3 is 11.9 Å². The molecule has 3 N–H and O–H groups in total. The van der Waals surface area contributed by atoms with Crippen molar-refractivity contribution in [3.05, 3.63) is 52.1 Å². The summed E-state index contributed by atoms with van der Waals surface area (Å²) in [5.74, 6) is -3.01. The van der Waals surface area contributed by atoms with Crippen molar-refractivity contribution in [3.63, 3.8) is 0 Å². The van der Waals surface area contributed by atoms with Crippen molar-refractivity contribution in [1.29, 1.82) is 0 Å². The number of halogens is 3. The van der Waals surface area contributed by atoms with Crippen LogP contribution >= 0.6 is 34.8 Å². The van der Waals surface area contributed by atoms with Gasteiger partial charge in [-0.2, -0.15) is 8.42 Å². The predicted molar refractivity (Wildman–Crippen MR) is 114 cm³/mol. The minimum Gasteiger partial charge on any atom is -0.493 e. The first kappa shape index (κ1) is 28.2. The first-order valence-corrected chi connectivity index (χ1v) is 11.1. The lowest BCUT2D eigenvalue weighted by molar-refractivity contribution is 0.0684. The highest BCUT2D eigenvalue weighted by Gasteiger charge is 2.14. The van der Waals surface area contributed by atoms with Crippen molar-refractivity contribution < 1.29 is 47.1 Å². The van der Waals surface area contributed by atoms with E-state index < -0.39 is 38.3 Å². The Balaban J connectivity index is 0.000000361. The van der Waals surface area contributed by atoms with Crippen LogP contribution in [0.3, 0.4) is 0 Å². The molecule has 0 aliphatic carbocycles. The van der Waals surface area contributed by atoms with E-state index in [4.69, 9.17) is 54.3 Å². The number of carboxylic acids is 2. The maximum Gasteiger partial charge on any atom is 0.354 e. The van der Waals surface area contributed by atoms with Gasteiger partial charge in [0.15, 0.2) is 11.4 Å². The van der Waals surface area contributed by atoms with Crippen LogP contribution in [0.15, 0.2) is 24.3 Å². The molecule has 0 atom stereocenters. The molecule has 178 valence electrons. The molecule has 0 radical (unpaired) electrons. The molecule has 0 amide bonds. The number of hydrogen-bond donors (Lipinski definition) is 3. The van der Waals surface area contributed by atoms with Gasteiger partial charge in [-0.25, -0.2) is 19.6 Å². The summed E-state index contributed by atoms with van der Waals surface area (Å²) >= 11 is 16.0. The second-order valence-corrected chi connectivity index (χ2v) is 8.47. The zero-order valence-corrected chi connectivity index (χ0v) is 19.2. The van der Waals surface area contributed by atoms with Crippen LogP contribution in [0.1, 0.15) is 48.4 Å². The molecule has 33 heavy (non-hydrogen) atoms. The van der Waals surface area contributed by atoms with Gasteiger partial charge in [0.25, 0.3) is 20.6 Å². The average molecular weight is 544 g/mol. The molecule has 0 saturated heterocycles. The lowest BCUT2D eigenvalue weighted by Gasteiger charge is -2.07. The minimum absolute atomic E-state index is 0.0233. The minimum atomic E-state index is -4.06. The third kappa shape index (κ3) is 10.5. The molecule has 0 aliphatic heterocycles. The Morgan fingerprint density at radius 1 is 0.848 bits per heavy atom. The summed E-state index contributed by atoms with van der Waals surface area (Å²) < 4.78 is 34.7. The third-order valence-corrected chi connectivity index (χ3v) is 4.66. The average Bonchev–Trinajstić information content (AvgIpc) is 2.70. The molecule has 2 rings (SSSR count). The second-order valence-electron chi connectivity index (χ2n) is 5.77. The maximum atomic E-state index is 11.0. The van der Waals surface area contributed by atoms with Gasteiger partial charge in [0.1, 0.15) is 17.1 Å². The Labute approximate surface area is 200 Å². The van der Waals surface area contributed by atoms with Gasteiger partial charge in [-0.15, -0.1) is 0 Å². The van der Waals surface area contributed by atoms with Gasteiger partial charge in [-0.05, 0) is 41.8 Å². The summed E-state index contributed by atoms with van der Waals surface area (Å²) in [6.07, 6.45) is 0.0233. The fraction of sp³-hybridized carbons (Fsp3) is 0.176. The predicted octanol–water partition coefficient (Wildman–Crippen LogP) is 2.63. The van der Waals surface area contributed by atoms with E-state index in [1.165, 1.54) is 12.1 Å². The Bertz CT molecular complexity index is 1120. The molecule has 2 aromatic rings. The molecule has 16 heteroatoms. The Morgan fingerprint density at radius 3 is 1.64 bits per heavy atom. The zero-order valence-electron chi connectivity index (χ0n) is 16.1. The van der Waals surface area contributed by atoms with Crippen molar-refractivity contribution in [2.45, 2.75) is 6.42 Å². The highest BCUT2D eigenvalue weighted by Crippen LogP contribution is 2.17. The highest BCUT2D eigenvalue weighted by molar-refractivity contribution is 7.85. The summed E-state index contributed by atoms with van der Waals surface area (Å²) in [6.45, 7) is -0.0599. The van der Waals surface area contributed by atoms with Crippen molar-refractivity contribution in [2.75, 3.05) is 12.4 Å². The van der Waals surface area contributed by atoms with Crippen LogP contribution in [0.5, 0.6) is 5.75 Å². The molecule has 0 bridgehead atoms. The van der Waals surface area contributed by atoms with Gasteiger partial charge in [0.2, 0.25) is 0 Å². The molecule has 2 heterocycles. The molecule has 0 fully saturated rings. The topological polar surface area (TPSA) is 198 Å². The first-order chi connectivity index (χ1) is 15.2. The van der Waals surface area contributed by atoms with Gasteiger partial charge in [-0.1, -0.05) is 11.6 Å². The molecule has 0 aromatic carbocycles. The molecular weight excluding hydrogens is 531 g/mol. The molecule has 0 spiro atoms. The SMILES string of the molecule is O=C(Cl)c1cc(OCCCS(=O)(=O)O)cc(C(=O)Cl)n1.O=C(O)c1cc(Cl)cc(C(=O)O)n1. The summed E-state index contributed by atoms with van der Waals surface area (Å²) in [6, 6.07) is 4.53. The van der Waals surface area contributed by atoms with E-state index in [-0.39, 0.29) is 46.6 Å². The van der Waals surface area contributed by atoms with Crippen LogP contribution in [0, 0.1) is 0 Å². The number of rotatable bonds is 9. The van der Waals surface area contributed by atoms with Crippen molar-refractivity contribution in [3.8, 4) is 5.75 Å². The van der Waals surface area contributed by atoms with Crippen molar-refractivity contribution in [2.24, 2.45) is 0 Å². The maximum absolute atomic E-state index is 11.0. The smallest absolute Gasteiger partial charge is 0.354 e. The van der Waals surface area contributed by atoms with E-state index in [1.54, 1.807) is 0 Å². The van der Waals surface area contributed by atoms with Crippen LogP contribution in [0.4, 0.5) is 0 Å². The first-order valence-electron chi connectivity index (χ1n) is 8.33. The zero-order chi connectivity index (χ0) is 25.3. The fourth-order valence-electron chi connectivity index (χ4n) is 1.94. The van der Waals surface area contributed by atoms with Gasteiger partial charge in [0, 0.05) is 17.2 Å². The van der Waals surface area contributed by atoms with E-state index >= 15 is 0 Å². The third-order valence-electron chi connectivity index (χ3n) is 3.25. The monoisotopic (exact) mass is 542 g/mol. The van der Waals surface area contributed by atoms with Gasteiger partial charge in [-0.3, -0.25) is 14.1 Å². The molecule has 12 nitrogen and oxygen atoms in total. The highest BCUT2D eigenvalue weighted by atomic mass is 35.5. The number of aromatic carboxylic acids is 2. The van der Waals surface area contributed by atoms with E-state index in [2.05, 4.69) is 9.97 Å². The number of carbonyl (C=O) groups is 4. The lowest BCUT2D eigenvalue weighted by Crippen LogP contribution is -2.09. The standard InChI is InChI=1S/C10H9Cl2NO6S.C7H4ClNO4/c11-9(14)7-4-6(5-8(13-7)10(12)15)19-2-1-3-20(16,17)18;8-3-1-4(6(10)11)9-5(2-3)7(12)13/h4-5H,1-3H2,(H,16,17,18);1-2H,(H,10,11)(H,12,13). The number of nitrogens with zero attached hydrogens (tertiary/aromatic N) is 2. The van der Waals surface area contributed by atoms with Crippen LogP contribution in [0.2, 0.25) is 5.02 Å². The van der Waals surface area contributed by atoms with Gasteiger partial charge in [0.05, 0.1) is 12.4 Å². The molecule has 0 aliphatic rings. The molecular formula is C17H13Cl3N2O10S. The Kier molecular flexibility index (Phi) is 10.6. The molecule has 2 aromatic heterocycles. The molecule has 0 saturated carbocycles. The summed E-state index contributed by atoms with van der Waals surface area (Å²) in [5.41, 5.74) is -1.21. The number of carbonyl (C=O) groups excluding carboxylic acids is 2. The van der Waals surface area contributed by atoms with E-state index in [0.29, 0.717) is 0 Å². The quantitative estimate of drug-likeness (QED) is 0.238. The second kappa shape index (κ2) is 12.4. The summed E-state index contributed by atoms with van der Waals surface area (Å²) in [5, 5.41) is 15.2. The fourth-order valence-corrected chi connectivity index (χ4v) is 2.82. The number of carboxylic acid groups (broad SMARTS) is 2. The van der Waals surface area contributed by atoms with Crippen LogP contribution in [0.25, 0.3) is 0 Å². The Morgan fingerprint density at radius 2 is 1.27 bits per heavy atom. The summed E-state index contributed by atoms with van der Waals surface area (Å²) in [4.78, 5) is 49.8. The Hall–Kier alpha value is -2.84. The van der Waals surface area contributed by atoms with E-state index in [9.17, 15) is 27.6 Å². The number of pyridine rings is 2. The van der Waals surface area contributed by atoms with Crippen LogP contribution in [-0.4, -0.2) is 67.9 Å².